The second-order valence-electron chi connectivity index (χ2n) is 4.14. The zero-order valence-corrected chi connectivity index (χ0v) is 11.5. The van der Waals surface area contributed by atoms with Crippen molar-refractivity contribution in [2.45, 2.75) is 13.0 Å². The van der Waals surface area contributed by atoms with Crippen LogP contribution < -0.4 is 16.0 Å². The first-order chi connectivity index (χ1) is 9.38. The number of benzene rings is 1. The van der Waals surface area contributed by atoms with Crippen LogP contribution in [0.15, 0.2) is 24.3 Å². The number of methoxy groups -OCH3 is 1. The van der Waals surface area contributed by atoms with Gasteiger partial charge in [0, 0.05) is 7.05 Å². The van der Waals surface area contributed by atoms with Crippen molar-refractivity contribution in [3.63, 3.8) is 0 Å². The summed E-state index contributed by atoms with van der Waals surface area (Å²) in [6.07, 6.45) is 0. The summed E-state index contributed by atoms with van der Waals surface area (Å²) in [5.41, 5.74) is 5.63. The summed E-state index contributed by atoms with van der Waals surface area (Å²) < 4.78 is 4.67. The minimum atomic E-state index is -0.803. The number of esters is 1. The Bertz CT molecular complexity index is 530. The van der Waals surface area contributed by atoms with Gasteiger partial charge in [-0.3, -0.25) is 4.79 Å². The van der Waals surface area contributed by atoms with Gasteiger partial charge in [0.1, 0.15) is 6.04 Å². The zero-order valence-electron chi connectivity index (χ0n) is 11.5. The molecule has 1 aromatic rings. The Morgan fingerprint density at radius 2 is 1.90 bits per heavy atom. The summed E-state index contributed by atoms with van der Waals surface area (Å²) >= 11 is 0. The quantitative estimate of drug-likeness (QED) is 0.783. The van der Waals surface area contributed by atoms with Crippen LogP contribution in [0.25, 0.3) is 0 Å². The first kappa shape index (κ1) is 15.5. The van der Waals surface area contributed by atoms with E-state index in [4.69, 9.17) is 5.73 Å². The van der Waals surface area contributed by atoms with Gasteiger partial charge in [0.2, 0.25) is 5.91 Å². The summed E-state index contributed by atoms with van der Waals surface area (Å²) in [5, 5.41) is 2.29. The molecule has 108 valence electrons. The fourth-order valence-corrected chi connectivity index (χ4v) is 1.73. The fourth-order valence-electron chi connectivity index (χ4n) is 1.73. The number of primary amides is 1. The van der Waals surface area contributed by atoms with Crippen LogP contribution in [0, 0.1) is 0 Å². The number of anilines is 1. The van der Waals surface area contributed by atoms with Gasteiger partial charge in [0.05, 0.1) is 18.4 Å². The first-order valence-corrected chi connectivity index (χ1v) is 5.89. The molecule has 0 saturated heterocycles. The maximum atomic E-state index is 12.1. The third-order valence-corrected chi connectivity index (χ3v) is 2.73. The molecule has 3 N–H and O–H groups in total. The van der Waals surface area contributed by atoms with Crippen LogP contribution in [0.4, 0.5) is 10.5 Å². The van der Waals surface area contributed by atoms with Crippen LogP contribution in [-0.4, -0.2) is 38.1 Å². The van der Waals surface area contributed by atoms with Crippen LogP contribution in [0.1, 0.15) is 17.3 Å². The van der Waals surface area contributed by atoms with Crippen LogP contribution in [0.2, 0.25) is 0 Å². The molecule has 0 aliphatic rings. The number of nitrogens with two attached hydrogens (primary N) is 1. The highest BCUT2D eigenvalue weighted by atomic mass is 16.5. The van der Waals surface area contributed by atoms with Gasteiger partial charge in [-0.05, 0) is 19.1 Å². The third-order valence-electron chi connectivity index (χ3n) is 2.73. The molecule has 1 rings (SSSR count). The highest BCUT2D eigenvalue weighted by Gasteiger charge is 2.23. The lowest BCUT2D eigenvalue weighted by atomic mass is 10.1. The summed E-state index contributed by atoms with van der Waals surface area (Å²) in [7, 11) is 2.77. The Hall–Kier alpha value is -2.57. The number of amides is 3. The standard InChI is InChI=1S/C13H17N3O4/c1-8(15-13(14)19)11(17)16(2)10-7-5-4-6-9(10)12(18)20-3/h4-8H,1-3H3,(H3,14,15,19). The molecule has 20 heavy (non-hydrogen) atoms. The van der Waals surface area contributed by atoms with Crippen molar-refractivity contribution in [3.8, 4) is 0 Å². The Morgan fingerprint density at radius 3 is 2.45 bits per heavy atom. The van der Waals surface area contributed by atoms with Crippen LogP contribution in [0.5, 0.6) is 0 Å². The van der Waals surface area contributed by atoms with E-state index in [1.807, 2.05) is 0 Å². The number of hydrogen-bond donors (Lipinski definition) is 2. The van der Waals surface area contributed by atoms with Gasteiger partial charge in [0.15, 0.2) is 0 Å². The largest absolute Gasteiger partial charge is 0.465 e. The lowest BCUT2D eigenvalue weighted by Gasteiger charge is -2.23. The maximum absolute atomic E-state index is 12.1. The molecule has 0 heterocycles. The molecule has 3 amide bonds. The number of carbonyl (C=O) groups is 3. The number of likely N-dealkylation sites (N-methyl/N-ethyl adjacent to an activating group) is 1. The van der Waals surface area contributed by atoms with E-state index in [2.05, 4.69) is 10.1 Å². The molecule has 1 aromatic carbocycles. The van der Waals surface area contributed by atoms with Gasteiger partial charge < -0.3 is 20.7 Å². The SMILES string of the molecule is COC(=O)c1ccccc1N(C)C(=O)C(C)NC(N)=O. The lowest BCUT2D eigenvalue weighted by Crippen LogP contribution is -2.47. The van der Waals surface area contributed by atoms with Gasteiger partial charge in [-0.15, -0.1) is 0 Å². The molecule has 0 fully saturated rings. The van der Waals surface area contributed by atoms with Crippen molar-refractivity contribution in [3.05, 3.63) is 29.8 Å². The van der Waals surface area contributed by atoms with Crippen molar-refractivity contribution in [1.29, 1.82) is 0 Å². The van der Waals surface area contributed by atoms with Gasteiger partial charge >= 0.3 is 12.0 Å². The minimum absolute atomic E-state index is 0.261. The molecule has 0 aromatic heterocycles. The Labute approximate surface area is 116 Å². The molecule has 1 atom stereocenters. The van der Waals surface area contributed by atoms with Crippen molar-refractivity contribution in [2.24, 2.45) is 5.73 Å². The molecule has 0 spiro atoms. The molecule has 7 heteroatoms. The predicted molar refractivity (Wildman–Crippen MR) is 73.4 cm³/mol. The molecular formula is C13H17N3O4. The van der Waals surface area contributed by atoms with Crippen molar-refractivity contribution in [1.82, 2.24) is 5.32 Å². The summed E-state index contributed by atoms with van der Waals surface area (Å²) in [6.45, 7) is 1.50. The Kier molecular flexibility index (Phi) is 5.08. The molecule has 0 saturated carbocycles. The number of carbonyl (C=O) groups excluding carboxylic acids is 3. The predicted octanol–water partition coefficient (Wildman–Crippen LogP) is 0.493. The van der Waals surface area contributed by atoms with Crippen molar-refractivity contribution < 1.29 is 19.1 Å². The van der Waals surface area contributed by atoms with E-state index < -0.39 is 23.9 Å². The smallest absolute Gasteiger partial charge is 0.339 e. The summed E-state index contributed by atoms with van der Waals surface area (Å²) in [4.78, 5) is 35.8. The van der Waals surface area contributed by atoms with Gasteiger partial charge in [-0.1, -0.05) is 12.1 Å². The van der Waals surface area contributed by atoms with E-state index in [1.165, 1.54) is 26.0 Å². The number of para-hydroxylation sites is 1. The van der Waals surface area contributed by atoms with Crippen LogP contribution in [-0.2, 0) is 9.53 Å². The molecule has 0 radical (unpaired) electrons. The summed E-state index contributed by atoms with van der Waals surface area (Å²) in [6, 6.07) is 4.93. The summed E-state index contributed by atoms with van der Waals surface area (Å²) in [5.74, 6) is -0.948. The zero-order chi connectivity index (χ0) is 15.3. The Morgan fingerprint density at radius 1 is 1.30 bits per heavy atom. The highest BCUT2D eigenvalue weighted by molar-refractivity contribution is 6.04. The van der Waals surface area contributed by atoms with Crippen molar-refractivity contribution >= 4 is 23.6 Å². The van der Waals surface area contributed by atoms with Gasteiger partial charge in [-0.25, -0.2) is 9.59 Å². The number of nitrogens with one attached hydrogen (secondary N) is 1. The molecule has 0 aliphatic heterocycles. The van der Waals surface area contributed by atoms with E-state index in [0.717, 1.165) is 0 Å². The van der Waals surface area contributed by atoms with E-state index in [-0.39, 0.29) is 5.56 Å². The molecule has 1 unspecified atom stereocenters. The number of urea groups is 1. The molecular weight excluding hydrogens is 262 g/mol. The normalized spacial score (nSPS) is 11.3. The Balaban J connectivity index is 3.03. The molecule has 0 aliphatic carbocycles. The second-order valence-corrected chi connectivity index (χ2v) is 4.14. The number of rotatable bonds is 4. The number of ether oxygens (including phenoxy) is 1. The molecule has 7 nitrogen and oxygen atoms in total. The van der Waals surface area contributed by atoms with E-state index in [9.17, 15) is 14.4 Å². The average molecular weight is 279 g/mol. The minimum Gasteiger partial charge on any atom is -0.465 e. The van der Waals surface area contributed by atoms with Crippen LogP contribution in [0.3, 0.4) is 0 Å². The first-order valence-electron chi connectivity index (χ1n) is 5.89. The number of hydrogen-bond acceptors (Lipinski definition) is 4. The van der Waals surface area contributed by atoms with E-state index >= 15 is 0 Å². The van der Waals surface area contributed by atoms with Gasteiger partial charge in [-0.2, -0.15) is 0 Å². The average Bonchev–Trinajstić information content (AvgIpc) is 2.44. The lowest BCUT2D eigenvalue weighted by molar-refractivity contribution is -0.119. The fraction of sp³-hybridized carbons (Fsp3) is 0.308. The van der Waals surface area contributed by atoms with Gasteiger partial charge in [0.25, 0.3) is 0 Å². The van der Waals surface area contributed by atoms with E-state index in [1.54, 1.807) is 24.3 Å². The van der Waals surface area contributed by atoms with E-state index in [0.29, 0.717) is 5.69 Å². The highest BCUT2D eigenvalue weighted by Crippen LogP contribution is 2.20. The monoisotopic (exact) mass is 279 g/mol. The van der Waals surface area contributed by atoms with Crippen molar-refractivity contribution in [2.75, 3.05) is 19.1 Å². The maximum Gasteiger partial charge on any atom is 0.339 e. The van der Waals surface area contributed by atoms with Crippen LogP contribution >= 0.6 is 0 Å². The molecule has 0 bridgehead atoms. The third kappa shape index (κ3) is 3.47. The second kappa shape index (κ2) is 6.55. The topological polar surface area (TPSA) is 102 Å². The number of nitrogens with zero attached hydrogens (tertiary/aromatic N) is 1.